The number of rotatable bonds is 8. The number of nitrogens with one attached hydrogen (secondary N) is 2. The number of fused-ring (bicyclic) bond motifs is 2. The Hall–Kier alpha value is -1.64. The molecule has 2 saturated heterocycles. The van der Waals surface area contributed by atoms with Crippen molar-refractivity contribution < 1.29 is 9.47 Å². The van der Waals surface area contributed by atoms with Crippen LogP contribution in [0.25, 0.3) is 0 Å². The molecule has 0 saturated carbocycles. The van der Waals surface area contributed by atoms with Gasteiger partial charge in [0.15, 0.2) is 5.96 Å². The van der Waals surface area contributed by atoms with E-state index in [0.717, 1.165) is 25.3 Å². The summed E-state index contributed by atoms with van der Waals surface area (Å²) in [6, 6.07) is 19.2. The molecule has 3 atom stereocenters. The molecule has 2 aromatic rings. The van der Waals surface area contributed by atoms with Gasteiger partial charge in [-0.3, -0.25) is 0 Å². The molecule has 2 N–H and O–H groups in total. The van der Waals surface area contributed by atoms with Gasteiger partial charge in [-0.1, -0.05) is 54.6 Å². The molecule has 2 heterocycles. The van der Waals surface area contributed by atoms with Crippen molar-refractivity contribution in [2.24, 2.45) is 4.99 Å². The molecular weight excluding hydrogens is 489 g/mol. The SMILES string of the molecule is CCNC(=NCc1ccc(COCc2ccccc2)cc1)NC1CC2CCC1O2.I. The molecule has 2 aliphatic rings. The van der Waals surface area contributed by atoms with E-state index in [1.807, 2.05) is 18.2 Å². The predicted octanol–water partition coefficient (Wildman–Crippen LogP) is 4.40. The zero-order valence-corrected chi connectivity index (χ0v) is 19.9. The van der Waals surface area contributed by atoms with Crippen molar-refractivity contribution in [2.75, 3.05) is 6.54 Å². The molecule has 30 heavy (non-hydrogen) atoms. The molecule has 2 aliphatic heterocycles. The van der Waals surface area contributed by atoms with Gasteiger partial charge >= 0.3 is 0 Å². The van der Waals surface area contributed by atoms with E-state index in [9.17, 15) is 0 Å². The van der Waals surface area contributed by atoms with E-state index in [1.54, 1.807) is 0 Å². The fourth-order valence-corrected chi connectivity index (χ4v) is 4.06. The molecule has 6 heteroatoms. The normalized spacial score (nSPS) is 22.6. The molecule has 2 aromatic carbocycles. The summed E-state index contributed by atoms with van der Waals surface area (Å²) in [5.41, 5.74) is 3.57. The average molecular weight is 521 g/mol. The topological polar surface area (TPSA) is 54.9 Å². The Morgan fingerprint density at radius 2 is 1.70 bits per heavy atom. The minimum absolute atomic E-state index is 0. The number of halogens is 1. The highest BCUT2D eigenvalue weighted by atomic mass is 127. The van der Waals surface area contributed by atoms with Crippen LogP contribution >= 0.6 is 24.0 Å². The number of hydrogen-bond donors (Lipinski definition) is 2. The zero-order valence-electron chi connectivity index (χ0n) is 17.5. The van der Waals surface area contributed by atoms with Crippen LogP contribution in [0.2, 0.25) is 0 Å². The van der Waals surface area contributed by atoms with Crippen LogP contribution in [0.3, 0.4) is 0 Å². The van der Waals surface area contributed by atoms with Crippen molar-refractivity contribution in [1.29, 1.82) is 0 Å². The van der Waals surface area contributed by atoms with Crippen molar-refractivity contribution >= 4 is 29.9 Å². The third-order valence-corrected chi connectivity index (χ3v) is 5.60. The lowest BCUT2D eigenvalue weighted by molar-refractivity contribution is 0.0992. The minimum Gasteiger partial charge on any atom is -0.373 e. The molecule has 0 aliphatic carbocycles. The fraction of sp³-hybridized carbons (Fsp3) is 0.458. The lowest BCUT2D eigenvalue weighted by atomic mass is 9.96. The number of aliphatic imine (C=N–C) groups is 1. The van der Waals surface area contributed by atoms with E-state index in [-0.39, 0.29) is 24.0 Å². The summed E-state index contributed by atoms with van der Waals surface area (Å²) >= 11 is 0. The molecular formula is C24H32IN3O2. The minimum atomic E-state index is 0. The van der Waals surface area contributed by atoms with Gasteiger partial charge in [-0.2, -0.15) is 0 Å². The summed E-state index contributed by atoms with van der Waals surface area (Å²) in [7, 11) is 0. The Balaban J connectivity index is 0.00000256. The smallest absolute Gasteiger partial charge is 0.191 e. The summed E-state index contributed by atoms with van der Waals surface area (Å²) in [6.07, 6.45) is 4.25. The van der Waals surface area contributed by atoms with Crippen LogP contribution in [0.4, 0.5) is 0 Å². The van der Waals surface area contributed by atoms with Crippen LogP contribution in [0.5, 0.6) is 0 Å². The summed E-state index contributed by atoms with van der Waals surface area (Å²) < 4.78 is 11.8. The quantitative estimate of drug-likeness (QED) is 0.307. The first-order chi connectivity index (χ1) is 14.3. The number of guanidine groups is 1. The third kappa shape index (κ3) is 6.43. The van der Waals surface area contributed by atoms with Gasteiger partial charge in [0, 0.05) is 6.54 Å². The molecule has 3 unspecified atom stereocenters. The summed E-state index contributed by atoms with van der Waals surface area (Å²) in [5.74, 6) is 0.879. The first-order valence-electron chi connectivity index (χ1n) is 10.7. The third-order valence-electron chi connectivity index (χ3n) is 5.60. The highest BCUT2D eigenvalue weighted by Gasteiger charge is 2.41. The molecule has 4 rings (SSSR count). The standard InChI is InChI=1S/C24H31N3O2.HI/c1-2-25-24(27-22-14-21-12-13-23(22)29-21)26-15-18-8-10-20(11-9-18)17-28-16-19-6-4-3-5-7-19;/h3-11,21-23H,2,12-17H2,1H3,(H2,25,26,27);1H. The fourth-order valence-electron chi connectivity index (χ4n) is 4.06. The Kier molecular flexibility index (Phi) is 8.96. The highest BCUT2D eigenvalue weighted by Crippen LogP contribution is 2.34. The van der Waals surface area contributed by atoms with Crippen molar-refractivity contribution in [2.45, 2.75) is 64.2 Å². The Bertz CT molecular complexity index is 798. The van der Waals surface area contributed by atoms with Gasteiger partial charge in [0.2, 0.25) is 0 Å². The highest BCUT2D eigenvalue weighted by molar-refractivity contribution is 14.0. The molecule has 2 bridgehead atoms. The van der Waals surface area contributed by atoms with Crippen LogP contribution in [0, 0.1) is 0 Å². The number of benzene rings is 2. The first kappa shape index (κ1) is 23.0. The lowest BCUT2D eigenvalue weighted by Crippen LogP contribution is -2.47. The molecule has 5 nitrogen and oxygen atoms in total. The maximum absolute atomic E-state index is 5.94. The lowest BCUT2D eigenvalue weighted by Gasteiger charge is -2.22. The summed E-state index contributed by atoms with van der Waals surface area (Å²) in [4.78, 5) is 4.77. The summed E-state index contributed by atoms with van der Waals surface area (Å²) in [6.45, 7) is 4.86. The van der Waals surface area contributed by atoms with Crippen molar-refractivity contribution in [3.63, 3.8) is 0 Å². The number of nitrogens with zero attached hydrogens (tertiary/aromatic N) is 1. The van der Waals surface area contributed by atoms with Gasteiger partial charge in [-0.15, -0.1) is 24.0 Å². The second kappa shape index (κ2) is 11.7. The molecule has 2 fully saturated rings. The molecule has 162 valence electrons. The van der Waals surface area contributed by atoms with Crippen LogP contribution in [-0.4, -0.2) is 30.8 Å². The molecule has 0 spiro atoms. The molecule has 0 aromatic heterocycles. The van der Waals surface area contributed by atoms with Crippen molar-refractivity contribution in [1.82, 2.24) is 10.6 Å². The Labute approximate surface area is 196 Å². The molecule has 0 amide bonds. The van der Waals surface area contributed by atoms with E-state index >= 15 is 0 Å². The largest absolute Gasteiger partial charge is 0.373 e. The monoisotopic (exact) mass is 521 g/mol. The average Bonchev–Trinajstić information content (AvgIpc) is 3.37. The Morgan fingerprint density at radius 3 is 2.33 bits per heavy atom. The van der Waals surface area contributed by atoms with E-state index in [0.29, 0.717) is 38.0 Å². The van der Waals surface area contributed by atoms with Gasteiger partial charge in [-0.05, 0) is 42.9 Å². The van der Waals surface area contributed by atoms with Crippen LogP contribution in [0.15, 0.2) is 59.6 Å². The van der Waals surface area contributed by atoms with E-state index in [4.69, 9.17) is 14.5 Å². The number of ether oxygens (including phenoxy) is 2. The van der Waals surface area contributed by atoms with Gasteiger partial charge < -0.3 is 20.1 Å². The predicted molar refractivity (Wildman–Crippen MR) is 131 cm³/mol. The van der Waals surface area contributed by atoms with Gasteiger partial charge in [0.25, 0.3) is 0 Å². The number of hydrogen-bond acceptors (Lipinski definition) is 3. The Morgan fingerprint density at radius 1 is 1.00 bits per heavy atom. The van der Waals surface area contributed by atoms with Gasteiger partial charge in [0.1, 0.15) is 0 Å². The summed E-state index contributed by atoms with van der Waals surface area (Å²) in [5, 5.41) is 6.92. The maximum Gasteiger partial charge on any atom is 0.191 e. The van der Waals surface area contributed by atoms with Gasteiger partial charge in [-0.25, -0.2) is 4.99 Å². The zero-order chi connectivity index (χ0) is 19.9. The first-order valence-corrected chi connectivity index (χ1v) is 10.7. The van der Waals surface area contributed by atoms with E-state index in [2.05, 4.69) is 54.0 Å². The van der Waals surface area contributed by atoms with Crippen LogP contribution in [0.1, 0.15) is 42.9 Å². The van der Waals surface area contributed by atoms with E-state index < -0.39 is 0 Å². The second-order valence-corrected chi connectivity index (χ2v) is 7.85. The van der Waals surface area contributed by atoms with Crippen LogP contribution < -0.4 is 10.6 Å². The van der Waals surface area contributed by atoms with Crippen LogP contribution in [-0.2, 0) is 29.2 Å². The van der Waals surface area contributed by atoms with Crippen molar-refractivity contribution in [3.8, 4) is 0 Å². The maximum atomic E-state index is 5.94. The van der Waals surface area contributed by atoms with Gasteiger partial charge in [0.05, 0.1) is 38.0 Å². The molecule has 0 radical (unpaired) electrons. The van der Waals surface area contributed by atoms with Crippen molar-refractivity contribution in [3.05, 3.63) is 71.3 Å². The van der Waals surface area contributed by atoms with E-state index in [1.165, 1.54) is 23.1 Å². The second-order valence-electron chi connectivity index (χ2n) is 7.85.